The molecule has 2 fully saturated rings. The Bertz CT molecular complexity index is 435. The van der Waals surface area contributed by atoms with E-state index in [9.17, 15) is 8.42 Å². The largest absolute Gasteiger partial charge is 0.309 e. The van der Waals surface area contributed by atoms with Gasteiger partial charge in [0.05, 0.1) is 12.4 Å². The summed E-state index contributed by atoms with van der Waals surface area (Å²) in [7, 11) is 1.16. The molecule has 2 saturated heterocycles. The molecule has 0 spiro atoms. The first kappa shape index (κ1) is 18.1. The van der Waals surface area contributed by atoms with Crippen molar-refractivity contribution in [2.45, 2.75) is 12.6 Å². The van der Waals surface area contributed by atoms with E-state index in [0.29, 0.717) is 13.1 Å². The van der Waals surface area contributed by atoms with E-state index in [1.54, 1.807) is 4.31 Å². The highest BCUT2D eigenvalue weighted by Crippen LogP contribution is 2.12. The minimum atomic E-state index is -3.05. The van der Waals surface area contributed by atoms with Gasteiger partial charge in [0, 0.05) is 45.8 Å². The van der Waals surface area contributed by atoms with E-state index >= 15 is 0 Å². The van der Waals surface area contributed by atoms with E-state index in [4.69, 9.17) is 5.32 Å². The second-order valence-electron chi connectivity index (χ2n) is 6.54. The summed E-state index contributed by atoms with van der Waals surface area (Å²) in [5.41, 5.74) is 0. The Labute approximate surface area is 135 Å². The van der Waals surface area contributed by atoms with E-state index in [1.165, 1.54) is 12.7 Å². The van der Waals surface area contributed by atoms with Crippen molar-refractivity contribution in [1.29, 1.82) is 0 Å². The van der Waals surface area contributed by atoms with Crippen LogP contribution in [0.25, 0.3) is 0 Å². The molecular weight excluding hydrogens is 302 g/mol. The van der Waals surface area contributed by atoms with Crippen LogP contribution >= 0.6 is 0 Å². The van der Waals surface area contributed by atoms with E-state index < -0.39 is 10.0 Å². The fourth-order valence-electron chi connectivity index (χ4n) is 3.11. The van der Waals surface area contributed by atoms with Crippen molar-refractivity contribution in [3.8, 4) is 0 Å². The lowest BCUT2D eigenvalue weighted by molar-refractivity contribution is 0.0562. The summed E-state index contributed by atoms with van der Waals surface area (Å²) in [6.07, 6.45) is 2.71. The Morgan fingerprint density at radius 3 is 2.41 bits per heavy atom. The molecule has 22 heavy (non-hydrogen) atoms. The van der Waals surface area contributed by atoms with Gasteiger partial charge in [-0.05, 0) is 33.6 Å². The third-order valence-corrected chi connectivity index (χ3v) is 5.72. The summed E-state index contributed by atoms with van der Waals surface area (Å²) in [6, 6.07) is 0. The zero-order valence-electron chi connectivity index (χ0n) is 14.1. The highest BCUT2D eigenvalue weighted by Gasteiger charge is 2.30. The Kier molecular flexibility index (Phi) is 6.60. The van der Waals surface area contributed by atoms with Gasteiger partial charge in [-0.15, -0.1) is 0 Å². The topological polar surface area (TPSA) is 61.2 Å². The van der Waals surface area contributed by atoms with Gasteiger partial charge in [-0.1, -0.05) is 0 Å². The van der Waals surface area contributed by atoms with E-state index in [2.05, 4.69) is 28.8 Å². The van der Waals surface area contributed by atoms with E-state index in [1.807, 2.05) is 0 Å². The minimum Gasteiger partial charge on any atom is -0.309 e. The maximum Gasteiger partial charge on any atom is 0.211 e. The summed E-state index contributed by atoms with van der Waals surface area (Å²) in [5, 5.41) is 4.74. The number of sulfonamides is 1. The molecule has 0 aromatic rings. The number of hydrogen-bond donors (Lipinski definition) is 0. The monoisotopic (exact) mass is 332 g/mol. The van der Waals surface area contributed by atoms with Crippen molar-refractivity contribution >= 4 is 10.0 Å². The number of rotatable bonds is 6. The van der Waals surface area contributed by atoms with Gasteiger partial charge in [-0.3, -0.25) is 9.80 Å². The molecule has 0 saturated carbocycles. The second kappa shape index (κ2) is 8.03. The van der Waals surface area contributed by atoms with Crippen LogP contribution in [-0.2, 0) is 10.0 Å². The van der Waals surface area contributed by atoms with Gasteiger partial charge in [-0.25, -0.2) is 13.7 Å². The van der Waals surface area contributed by atoms with Gasteiger partial charge in [0.2, 0.25) is 10.0 Å². The molecule has 8 heteroatoms. The van der Waals surface area contributed by atoms with Crippen LogP contribution in [0, 0.1) is 0 Å². The Hall–Kier alpha value is -0.250. The van der Waals surface area contributed by atoms with Gasteiger partial charge in [0.25, 0.3) is 0 Å². The first-order valence-corrected chi connectivity index (χ1v) is 9.94. The van der Waals surface area contributed by atoms with Crippen LogP contribution in [-0.4, -0.2) is 113 Å². The normalized spacial score (nSPS) is 26.6. The standard InChI is InChI=1S/C14H30N5O2S/c1-16(2)6-4-7-17-8-5-15-14(13-17)18-9-11-19(12-10-18)22(3,20)21/h14H,4-13H2,1-3H3. The smallest absolute Gasteiger partial charge is 0.211 e. The zero-order valence-corrected chi connectivity index (χ0v) is 14.9. The fraction of sp³-hybridized carbons (Fsp3) is 1.00. The lowest BCUT2D eigenvalue weighted by atomic mass is 10.2. The molecule has 1 atom stereocenters. The zero-order chi connectivity index (χ0) is 16.2. The maximum absolute atomic E-state index is 11.6. The SMILES string of the molecule is CN(C)CCCN1CC[N]C(N2CCN(S(C)(=O)=O)CC2)C1. The Morgan fingerprint density at radius 1 is 1.14 bits per heavy atom. The molecule has 0 aromatic heterocycles. The number of piperazine rings is 2. The molecule has 2 rings (SSSR count). The van der Waals surface area contributed by atoms with Gasteiger partial charge < -0.3 is 4.90 Å². The first-order chi connectivity index (χ1) is 10.4. The molecule has 2 heterocycles. The summed E-state index contributed by atoms with van der Waals surface area (Å²) in [6.45, 7) is 7.90. The summed E-state index contributed by atoms with van der Waals surface area (Å²) < 4.78 is 24.7. The minimum absolute atomic E-state index is 0.231. The van der Waals surface area contributed by atoms with Crippen molar-refractivity contribution in [2.75, 3.05) is 79.3 Å². The molecule has 2 aliphatic rings. The fourth-order valence-corrected chi connectivity index (χ4v) is 3.93. The third kappa shape index (κ3) is 5.43. The molecule has 1 unspecified atom stereocenters. The predicted octanol–water partition coefficient (Wildman–Crippen LogP) is -1.24. The highest BCUT2D eigenvalue weighted by molar-refractivity contribution is 7.88. The Morgan fingerprint density at radius 2 is 1.82 bits per heavy atom. The molecule has 0 aromatic carbocycles. The molecule has 0 N–H and O–H groups in total. The van der Waals surface area contributed by atoms with Crippen LogP contribution in [0.3, 0.4) is 0 Å². The maximum atomic E-state index is 11.6. The van der Waals surface area contributed by atoms with Crippen LogP contribution < -0.4 is 5.32 Å². The molecule has 2 aliphatic heterocycles. The van der Waals surface area contributed by atoms with Crippen molar-refractivity contribution in [1.82, 2.24) is 24.3 Å². The van der Waals surface area contributed by atoms with Crippen LogP contribution in [0.5, 0.6) is 0 Å². The average Bonchev–Trinajstić information content (AvgIpc) is 2.46. The number of hydrogen-bond acceptors (Lipinski definition) is 5. The molecule has 1 radical (unpaired) electrons. The van der Waals surface area contributed by atoms with Crippen molar-refractivity contribution in [3.05, 3.63) is 0 Å². The highest BCUT2D eigenvalue weighted by atomic mass is 32.2. The van der Waals surface area contributed by atoms with Crippen LogP contribution in [0.1, 0.15) is 6.42 Å². The lowest BCUT2D eigenvalue weighted by Gasteiger charge is -2.42. The van der Waals surface area contributed by atoms with Gasteiger partial charge in [-0.2, -0.15) is 4.31 Å². The summed E-state index contributed by atoms with van der Waals surface area (Å²) in [4.78, 5) is 7.04. The van der Waals surface area contributed by atoms with Crippen LogP contribution in [0.4, 0.5) is 0 Å². The second-order valence-corrected chi connectivity index (χ2v) is 8.52. The molecule has 7 nitrogen and oxygen atoms in total. The van der Waals surface area contributed by atoms with E-state index in [0.717, 1.165) is 45.8 Å². The average molecular weight is 332 g/mol. The summed E-state index contributed by atoms with van der Waals surface area (Å²) in [5.74, 6) is 0. The first-order valence-electron chi connectivity index (χ1n) is 8.09. The van der Waals surface area contributed by atoms with Gasteiger partial charge in [0.15, 0.2) is 0 Å². The van der Waals surface area contributed by atoms with Crippen molar-refractivity contribution < 1.29 is 8.42 Å². The van der Waals surface area contributed by atoms with Crippen molar-refractivity contribution in [3.63, 3.8) is 0 Å². The van der Waals surface area contributed by atoms with Crippen LogP contribution in [0.15, 0.2) is 0 Å². The molecule has 0 amide bonds. The van der Waals surface area contributed by atoms with Gasteiger partial charge >= 0.3 is 0 Å². The van der Waals surface area contributed by atoms with Crippen LogP contribution in [0.2, 0.25) is 0 Å². The quantitative estimate of drug-likeness (QED) is 0.609. The lowest BCUT2D eigenvalue weighted by Crippen LogP contribution is -2.60. The van der Waals surface area contributed by atoms with E-state index in [-0.39, 0.29) is 6.17 Å². The van der Waals surface area contributed by atoms with Crippen molar-refractivity contribution in [2.24, 2.45) is 0 Å². The molecule has 129 valence electrons. The summed E-state index contributed by atoms with van der Waals surface area (Å²) >= 11 is 0. The third-order valence-electron chi connectivity index (χ3n) is 4.42. The molecular formula is C14H30N5O2S. The molecule has 0 aliphatic carbocycles. The molecule has 0 bridgehead atoms. The predicted molar refractivity (Wildman–Crippen MR) is 88.4 cm³/mol. The number of nitrogens with zero attached hydrogens (tertiary/aromatic N) is 5. The van der Waals surface area contributed by atoms with Gasteiger partial charge in [0.1, 0.15) is 0 Å². The Balaban J connectivity index is 1.76.